The number of hydrogen-bond donors (Lipinski definition) is 2. The third kappa shape index (κ3) is 5.56. The van der Waals surface area contributed by atoms with E-state index in [1.165, 1.54) is 42.7 Å². The predicted molar refractivity (Wildman–Crippen MR) is 129 cm³/mol. The summed E-state index contributed by atoms with van der Waals surface area (Å²) < 4.78 is 21.5. The van der Waals surface area contributed by atoms with Crippen LogP contribution in [0.25, 0.3) is 16.6 Å². The Morgan fingerprint density at radius 3 is 2.27 bits per heavy atom. The second-order valence-corrected chi connectivity index (χ2v) is 8.37. The summed E-state index contributed by atoms with van der Waals surface area (Å²) >= 11 is 0. The highest BCUT2D eigenvalue weighted by Gasteiger charge is 2.29. The lowest BCUT2D eigenvalue weighted by Gasteiger charge is -2.29. The fraction of sp³-hybridized carbons (Fsp3) is 0.444. The SMILES string of the molecule is CC.O=CO.Oc1ccc2c(c1)c(CC1CCC1)c(C1CCOCC1)n2-c1ccc(F)cc1. The number of phenols is 1. The third-order valence-corrected chi connectivity index (χ3v) is 6.51. The molecule has 0 spiro atoms. The maximum Gasteiger partial charge on any atom is 0.290 e. The van der Waals surface area contributed by atoms with Crippen molar-refractivity contribution in [3.05, 3.63) is 59.5 Å². The van der Waals surface area contributed by atoms with E-state index in [0.29, 0.717) is 11.7 Å². The average molecular weight is 456 g/mol. The number of carbonyl (C=O) groups is 1. The minimum absolute atomic E-state index is 0.222. The van der Waals surface area contributed by atoms with Crippen LogP contribution in [-0.2, 0) is 16.0 Å². The zero-order chi connectivity index (χ0) is 23.8. The number of hydrogen-bond acceptors (Lipinski definition) is 3. The summed E-state index contributed by atoms with van der Waals surface area (Å²) in [6.45, 7) is 5.31. The molecule has 3 aromatic rings. The molecule has 6 heteroatoms. The zero-order valence-electron chi connectivity index (χ0n) is 19.5. The molecule has 5 rings (SSSR count). The average Bonchev–Trinajstić information content (AvgIpc) is 3.12. The molecule has 178 valence electrons. The molecule has 1 saturated carbocycles. The molecule has 2 aromatic carbocycles. The van der Waals surface area contributed by atoms with Gasteiger partial charge in [-0.25, -0.2) is 4.39 Å². The van der Waals surface area contributed by atoms with Crippen molar-refractivity contribution in [1.29, 1.82) is 0 Å². The molecule has 0 amide bonds. The summed E-state index contributed by atoms with van der Waals surface area (Å²) in [7, 11) is 0. The van der Waals surface area contributed by atoms with E-state index in [1.807, 2.05) is 38.1 Å². The van der Waals surface area contributed by atoms with E-state index in [4.69, 9.17) is 14.6 Å². The van der Waals surface area contributed by atoms with Gasteiger partial charge in [0.25, 0.3) is 6.47 Å². The van der Waals surface area contributed by atoms with Crippen molar-refractivity contribution in [2.75, 3.05) is 13.2 Å². The van der Waals surface area contributed by atoms with Gasteiger partial charge in [-0.05, 0) is 73.2 Å². The van der Waals surface area contributed by atoms with Crippen molar-refractivity contribution >= 4 is 17.4 Å². The first-order chi connectivity index (χ1) is 16.1. The highest BCUT2D eigenvalue weighted by Crippen LogP contribution is 2.42. The Morgan fingerprint density at radius 1 is 1.06 bits per heavy atom. The van der Waals surface area contributed by atoms with Crippen molar-refractivity contribution in [2.24, 2.45) is 5.92 Å². The molecule has 2 heterocycles. The molecule has 1 aliphatic heterocycles. The van der Waals surface area contributed by atoms with Gasteiger partial charge in [0.1, 0.15) is 11.6 Å². The van der Waals surface area contributed by atoms with Gasteiger partial charge in [-0.1, -0.05) is 33.1 Å². The van der Waals surface area contributed by atoms with Crippen LogP contribution in [0.2, 0.25) is 0 Å². The lowest BCUT2D eigenvalue weighted by molar-refractivity contribution is -0.122. The van der Waals surface area contributed by atoms with E-state index in [1.54, 1.807) is 6.07 Å². The van der Waals surface area contributed by atoms with Crippen molar-refractivity contribution in [2.45, 2.75) is 58.3 Å². The van der Waals surface area contributed by atoms with Crippen LogP contribution in [0.5, 0.6) is 5.75 Å². The van der Waals surface area contributed by atoms with Crippen LogP contribution < -0.4 is 0 Å². The topological polar surface area (TPSA) is 71.7 Å². The molecule has 1 saturated heterocycles. The molecule has 0 unspecified atom stereocenters. The number of carboxylic acid groups (broad SMARTS) is 1. The van der Waals surface area contributed by atoms with Crippen LogP contribution in [0.1, 0.15) is 63.1 Å². The van der Waals surface area contributed by atoms with Gasteiger partial charge < -0.3 is 19.5 Å². The zero-order valence-corrected chi connectivity index (χ0v) is 19.5. The number of phenolic OH excluding ortho intramolecular Hbond substituents is 1. The number of fused-ring (bicyclic) bond motifs is 1. The Hall–Kier alpha value is -2.86. The summed E-state index contributed by atoms with van der Waals surface area (Å²) in [6.07, 6.45) is 6.95. The van der Waals surface area contributed by atoms with E-state index >= 15 is 0 Å². The van der Waals surface area contributed by atoms with Gasteiger partial charge in [0, 0.05) is 35.9 Å². The first kappa shape index (κ1) is 24.8. The molecule has 2 fully saturated rings. The number of ether oxygens (including phenoxy) is 1. The summed E-state index contributed by atoms with van der Waals surface area (Å²) in [4.78, 5) is 8.36. The minimum atomic E-state index is -0.250. The molecule has 33 heavy (non-hydrogen) atoms. The Bertz CT molecular complexity index is 1030. The summed E-state index contributed by atoms with van der Waals surface area (Å²) in [6, 6.07) is 12.4. The molecule has 0 bridgehead atoms. The first-order valence-corrected chi connectivity index (χ1v) is 11.9. The molecule has 0 radical (unpaired) electrons. The van der Waals surface area contributed by atoms with E-state index in [0.717, 1.165) is 55.0 Å². The van der Waals surface area contributed by atoms with Crippen molar-refractivity contribution in [1.82, 2.24) is 4.57 Å². The van der Waals surface area contributed by atoms with Crippen molar-refractivity contribution in [3.63, 3.8) is 0 Å². The normalized spacial score (nSPS) is 16.2. The predicted octanol–water partition coefficient (Wildman–Crippen LogP) is 6.44. The lowest BCUT2D eigenvalue weighted by Crippen LogP contribution is -2.20. The minimum Gasteiger partial charge on any atom is -0.508 e. The van der Waals surface area contributed by atoms with Gasteiger partial charge in [-0.15, -0.1) is 0 Å². The smallest absolute Gasteiger partial charge is 0.290 e. The molecule has 2 N–H and O–H groups in total. The number of nitrogens with zero attached hydrogens (tertiary/aromatic N) is 1. The number of aromatic hydroxyl groups is 1. The summed E-state index contributed by atoms with van der Waals surface area (Å²) in [5.41, 5.74) is 4.79. The standard InChI is InChI=1S/C24H26FNO2.C2H6.CH2O2/c25-18-4-6-19(7-5-18)26-23-9-8-20(27)15-21(23)22(14-16-2-1-3-16)24(26)17-10-12-28-13-11-17;1-2;2-1-3/h4-9,15-17,27H,1-3,10-14H2;1-2H3;1H,(H,2,3). The Kier molecular flexibility index (Phi) is 8.89. The highest BCUT2D eigenvalue weighted by molar-refractivity contribution is 5.89. The van der Waals surface area contributed by atoms with Crippen LogP contribution in [0.4, 0.5) is 4.39 Å². The maximum absolute atomic E-state index is 13.6. The fourth-order valence-electron chi connectivity index (χ4n) is 4.83. The van der Waals surface area contributed by atoms with Gasteiger partial charge in [0.05, 0.1) is 5.52 Å². The van der Waals surface area contributed by atoms with Crippen LogP contribution in [0, 0.1) is 11.7 Å². The van der Waals surface area contributed by atoms with E-state index in [-0.39, 0.29) is 12.3 Å². The monoisotopic (exact) mass is 455 g/mol. The third-order valence-electron chi connectivity index (χ3n) is 6.51. The summed E-state index contributed by atoms with van der Waals surface area (Å²) in [5, 5.41) is 18.2. The molecule has 1 aromatic heterocycles. The maximum atomic E-state index is 13.6. The van der Waals surface area contributed by atoms with E-state index in [2.05, 4.69) is 4.57 Å². The summed E-state index contributed by atoms with van der Waals surface area (Å²) in [5.74, 6) is 1.23. The fourth-order valence-corrected chi connectivity index (χ4v) is 4.83. The second kappa shape index (κ2) is 11.8. The van der Waals surface area contributed by atoms with E-state index < -0.39 is 0 Å². The van der Waals surface area contributed by atoms with Gasteiger partial charge in [0.2, 0.25) is 0 Å². The van der Waals surface area contributed by atoms with Crippen molar-refractivity contribution < 1.29 is 24.1 Å². The quantitative estimate of drug-likeness (QED) is 0.444. The van der Waals surface area contributed by atoms with Crippen LogP contribution in [0.15, 0.2) is 42.5 Å². The molecule has 0 atom stereocenters. The van der Waals surface area contributed by atoms with Gasteiger partial charge in [0.15, 0.2) is 0 Å². The molecule has 2 aliphatic rings. The molecular weight excluding hydrogens is 421 g/mol. The second-order valence-electron chi connectivity index (χ2n) is 8.37. The first-order valence-electron chi connectivity index (χ1n) is 11.9. The Labute approximate surface area is 194 Å². The number of halogens is 1. The largest absolute Gasteiger partial charge is 0.508 e. The van der Waals surface area contributed by atoms with Crippen LogP contribution in [0.3, 0.4) is 0 Å². The van der Waals surface area contributed by atoms with Crippen LogP contribution >= 0.6 is 0 Å². The van der Waals surface area contributed by atoms with Gasteiger partial charge >= 0.3 is 0 Å². The highest BCUT2D eigenvalue weighted by atomic mass is 19.1. The molecular formula is C27H34FNO4. The molecule has 1 aliphatic carbocycles. The van der Waals surface area contributed by atoms with Crippen LogP contribution in [-0.4, -0.2) is 34.5 Å². The number of benzene rings is 2. The Morgan fingerprint density at radius 2 is 1.70 bits per heavy atom. The van der Waals surface area contributed by atoms with Crippen molar-refractivity contribution in [3.8, 4) is 11.4 Å². The Balaban J connectivity index is 0.000000569. The number of rotatable bonds is 4. The van der Waals surface area contributed by atoms with Gasteiger partial charge in [-0.3, -0.25) is 4.79 Å². The van der Waals surface area contributed by atoms with E-state index in [9.17, 15) is 9.50 Å². The van der Waals surface area contributed by atoms with Gasteiger partial charge in [-0.2, -0.15) is 0 Å². The molecule has 5 nitrogen and oxygen atoms in total. The lowest BCUT2D eigenvalue weighted by atomic mass is 9.79. The number of aromatic nitrogens is 1.